The number of nitrogens with one attached hydrogen (secondary N) is 1. The molecule has 0 fully saturated rings. The lowest BCUT2D eigenvalue weighted by Gasteiger charge is -2.16. The lowest BCUT2D eigenvalue weighted by molar-refractivity contribution is -0.137. The van der Waals surface area contributed by atoms with Crippen LogP contribution in [0.3, 0.4) is 0 Å². The van der Waals surface area contributed by atoms with Gasteiger partial charge in [-0.05, 0) is 19.1 Å². The van der Waals surface area contributed by atoms with Crippen LogP contribution in [-0.4, -0.2) is 25.5 Å². The van der Waals surface area contributed by atoms with Crippen LogP contribution in [0.5, 0.6) is 0 Å². The standard InChI is InChI=1S/C17H14F3N5O2/c1-10-9-13(26)15(16(27)21-14-7-8-24(2)22-14)23-25(10)12-6-4-3-5-11(12)17(18,19)20/h3-9H,1-2H3,(H,21,22,27). The summed E-state index contributed by atoms with van der Waals surface area (Å²) in [6, 6.07) is 7.35. The zero-order chi connectivity index (χ0) is 19.8. The molecule has 27 heavy (non-hydrogen) atoms. The number of aryl methyl sites for hydroxylation is 2. The van der Waals surface area contributed by atoms with Crippen LogP contribution in [0, 0.1) is 6.92 Å². The van der Waals surface area contributed by atoms with E-state index in [2.05, 4.69) is 15.5 Å². The van der Waals surface area contributed by atoms with E-state index < -0.39 is 28.8 Å². The van der Waals surface area contributed by atoms with E-state index >= 15 is 0 Å². The maximum Gasteiger partial charge on any atom is 0.418 e. The molecular weight excluding hydrogens is 363 g/mol. The molecule has 1 amide bonds. The molecule has 3 rings (SSSR count). The fourth-order valence-electron chi connectivity index (χ4n) is 2.50. The van der Waals surface area contributed by atoms with E-state index in [1.165, 1.54) is 35.9 Å². The summed E-state index contributed by atoms with van der Waals surface area (Å²) in [7, 11) is 1.64. The highest BCUT2D eigenvalue weighted by molar-refractivity contribution is 6.02. The van der Waals surface area contributed by atoms with Crippen molar-refractivity contribution in [3.8, 4) is 5.69 Å². The first-order valence-electron chi connectivity index (χ1n) is 7.75. The van der Waals surface area contributed by atoms with Gasteiger partial charge in [0, 0.05) is 31.1 Å². The van der Waals surface area contributed by atoms with Gasteiger partial charge in [0.1, 0.15) is 0 Å². The van der Waals surface area contributed by atoms with E-state index in [0.717, 1.165) is 16.8 Å². The van der Waals surface area contributed by atoms with Gasteiger partial charge in [-0.2, -0.15) is 23.4 Å². The zero-order valence-corrected chi connectivity index (χ0v) is 14.3. The van der Waals surface area contributed by atoms with E-state index in [9.17, 15) is 22.8 Å². The summed E-state index contributed by atoms with van der Waals surface area (Å²) >= 11 is 0. The van der Waals surface area contributed by atoms with Crippen LogP contribution in [0.1, 0.15) is 21.7 Å². The summed E-state index contributed by atoms with van der Waals surface area (Å²) in [6.45, 7) is 1.43. The summed E-state index contributed by atoms with van der Waals surface area (Å²) < 4.78 is 42.3. The Bertz CT molecular complexity index is 1070. The number of rotatable bonds is 3. The third kappa shape index (κ3) is 3.73. The number of hydrogen-bond acceptors (Lipinski definition) is 4. The van der Waals surface area contributed by atoms with Crippen molar-refractivity contribution in [1.82, 2.24) is 19.6 Å². The zero-order valence-electron chi connectivity index (χ0n) is 14.3. The lowest BCUT2D eigenvalue weighted by atomic mass is 10.1. The molecule has 1 aromatic carbocycles. The van der Waals surface area contributed by atoms with Crippen LogP contribution < -0.4 is 10.7 Å². The van der Waals surface area contributed by atoms with Gasteiger partial charge in [-0.15, -0.1) is 0 Å². The molecule has 0 unspecified atom stereocenters. The summed E-state index contributed by atoms with van der Waals surface area (Å²) in [5.41, 5.74) is -2.30. The highest BCUT2D eigenvalue weighted by Crippen LogP contribution is 2.33. The third-order valence-electron chi connectivity index (χ3n) is 3.72. The Kier molecular flexibility index (Phi) is 4.56. The molecule has 140 valence electrons. The average molecular weight is 377 g/mol. The molecule has 0 spiro atoms. The molecule has 3 aromatic rings. The number of alkyl halides is 3. The highest BCUT2D eigenvalue weighted by Gasteiger charge is 2.34. The molecule has 10 heteroatoms. The Morgan fingerprint density at radius 3 is 2.48 bits per heavy atom. The van der Waals surface area contributed by atoms with Crippen LogP contribution in [0.25, 0.3) is 5.69 Å². The molecule has 0 bridgehead atoms. The minimum Gasteiger partial charge on any atom is -0.304 e. The molecule has 2 heterocycles. The number of nitrogens with zero attached hydrogens (tertiary/aromatic N) is 4. The van der Waals surface area contributed by atoms with Crippen molar-refractivity contribution in [1.29, 1.82) is 0 Å². The number of aromatic nitrogens is 4. The summed E-state index contributed by atoms with van der Waals surface area (Å²) in [5, 5.41) is 10.2. The molecule has 0 saturated carbocycles. The van der Waals surface area contributed by atoms with Crippen LogP contribution >= 0.6 is 0 Å². The van der Waals surface area contributed by atoms with Crippen molar-refractivity contribution >= 4 is 11.7 Å². The second-order valence-corrected chi connectivity index (χ2v) is 5.75. The molecule has 0 aliphatic heterocycles. The molecular formula is C17H14F3N5O2. The van der Waals surface area contributed by atoms with Crippen molar-refractivity contribution in [2.45, 2.75) is 13.1 Å². The number of carbonyl (C=O) groups excluding carboxylic acids is 1. The Morgan fingerprint density at radius 1 is 1.15 bits per heavy atom. The molecule has 0 radical (unpaired) electrons. The predicted octanol–water partition coefficient (Wildman–Crippen LogP) is 2.55. The van der Waals surface area contributed by atoms with E-state index in [4.69, 9.17) is 0 Å². The van der Waals surface area contributed by atoms with Crippen LogP contribution in [0.4, 0.5) is 19.0 Å². The number of halogens is 3. The maximum absolute atomic E-state index is 13.3. The predicted molar refractivity (Wildman–Crippen MR) is 90.7 cm³/mol. The number of hydrogen-bond donors (Lipinski definition) is 1. The highest BCUT2D eigenvalue weighted by atomic mass is 19.4. The Labute approximate surface area is 151 Å². The van der Waals surface area contributed by atoms with E-state index in [1.54, 1.807) is 13.2 Å². The number of carbonyl (C=O) groups is 1. The fourth-order valence-corrected chi connectivity index (χ4v) is 2.50. The van der Waals surface area contributed by atoms with Gasteiger partial charge in [-0.3, -0.25) is 14.3 Å². The van der Waals surface area contributed by atoms with Gasteiger partial charge in [0.15, 0.2) is 11.5 Å². The first-order chi connectivity index (χ1) is 12.7. The first kappa shape index (κ1) is 18.4. The molecule has 7 nitrogen and oxygen atoms in total. The number of amides is 1. The molecule has 0 atom stereocenters. The average Bonchev–Trinajstić information content (AvgIpc) is 2.99. The van der Waals surface area contributed by atoms with Crippen molar-refractivity contribution in [2.75, 3.05) is 5.32 Å². The molecule has 1 N–H and O–H groups in total. The van der Waals surface area contributed by atoms with Gasteiger partial charge in [0.05, 0.1) is 11.3 Å². The smallest absolute Gasteiger partial charge is 0.304 e. The second kappa shape index (κ2) is 6.71. The summed E-state index contributed by atoms with van der Waals surface area (Å²) in [4.78, 5) is 24.5. The fraction of sp³-hybridized carbons (Fsp3) is 0.176. The van der Waals surface area contributed by atoms with Crippen LogP contribution in [-0.2, 0) is 13.2 Å². The first-order valence-corrected chi connectivity index (χ1v) is 7.75. The van der Waals surface area contributed by atoms with Gasteiger partial charge in [0.25, 0.3) is 5.91 Å². The summed E-state index contributed by atoms with van der Waals surface area (Å²) in [6.07, 6.45) is -3.04. The molecule has 0 saturated heterocycles. The number of anilines is 1. The maximum atomic E-state index is 13.3. The van der Waals surface area contributed by atoms with Gasteiger partial charge in [-0.1, -0.05) is 12.1 Å². The normalized spacial score (nSPS) is 11.4. The van der Waals surface area contributed by atoms with Crippen molar-refractivity contribution in [3.05, 3.63) is 69.8 Å². The third-order valence-corrected chi connectivity index (χ3v) is 3.72. The second-order valence-electron chi connectivity index (χ2n) is 5.75. The Morgan fingerprint density at radius 2 is 1.85 bits per heavy atom. The largest absolute Gasteiger partial charge is 0.418 e. The SMILES string of the molecule is Cc1cc(=O)c(C(=O)Nc2ccn(C)n2)nn1-c1ccccc1C(F)(F)F. The van der Waals surface area contributed by atoms with E-state index in [0.29, 0.717) is 0 Å². The lowest BCUT2D eigenvalue weighted by Crippen LogP contribution is -2.27. The molecule has 0 aliphatic rings. The Hall–Kier alpha value is -3.43. The van der Waals surface area contributed by atoms with E-state index in [-0.39, 0.29) is 17.2 Å². The van der Waals surface area contributed by atoms with Crippen molar-refractivity contribution in [3.63, 3.8) is 0 Å². The van der Waals surface area contributed by atoms with Crippen LogP contribution in [0.15, 0.2) is 47.4 Å². The number of para-hydroxylation sites is 1. The monoisotopic (exact) mass is 377 g/mol. The molecule has 2 aromatic heterocycles. The van der Waals surface area contributed by atoms with Crippen molar-refractivity contribution < 1.29 is 18.0 Å². The minimum atomic E-state index is -4.62. The van der Waals surface area contributed by atoms with Gasteiger partial charge in [0.2, 0.25) is 5.43 Å². The summed E-state index contributed by atoms with van der Waals surface area (Å²) in [5.74, 6) is -0.677. The van der Waals surface area contributed by atoms with Gasteiger partial charge < -0.3 is 5.32 Å². The topological polar surface area (TPSA) is 81.8 Å². The van der Waals surface area contributed by atoms with Gasteiger partial charge >= 0.3 is 6.18 Å². The Balaban J connectivity index is 2.08. The van der Waals surface area contributed by atoms with Crippen molar-refractivity contribution in [2.24, 2.45) is 7.05 Å². The number of benzene rings is 1. The van der Waals surface area contributed by atoms with Crippen LogP contribution in [0.2, 0.25) is 0 Å². The van der Waals surface area contributed by atoms with Gasteiger partial charge in [-0.25, -0.2) is 4.68 Å². The quantitative estimate of drug-likeness (QED) is 0.761. The van der Waals surface area contributed by atoms with E-state index in [1.807, 2.05) is 0 Å². The molecule has 0 aliphatic carbocycles. The minimum absolute atomic E-state index is 0.158.